The fraction of sp³-hybridized carbons (Fsp3) is 0.750. The van der Waals surface area contributed by atoms with Gasteiger partial charge in [0.15, 0.2) is 0 Å². The summed E-state index contributed by atoms with van der Waals surface area (Å²) in [7, 11) is 0. The molecule has 96 valence electrons. The third-order valence-electron chi connectivity index (χ3n) is 2.92. The van der Waals surface area contributed by atoms with E-state index in [4.69, 9.17) is 5.11 Å². The predicted molar refractivity (Wildman–Crippen MR) is 61.4 cm³/mol. The average Bonchev–Trinajstić information content (AvgIpc) is 2.25. The van der Waals surface area contributed by atoms with Gasteiger partial charge in [0.05, 0.1) is 0 Å². The number of carboxylic acids is 1. The Hall–Kier alpha value is -1.39. The zero-order valence-electron chi connectivity index (χ0n) is 10.5. The molecule has 1 aliphatic rings. The second-order valence-electron chi connectivity index (χ2n) is 5.43. The molecule has 1 amide bonds. The Labute approximate surface area is 101 Å². The van der Waals surface area contributed by atoms with Crippen molar-refractivity contribution < 1.29 is 19.5 Å². The van der Waals surface area contributed by atoms with Gasteiger partial charge >= 0.3 is 5.97 Å². The van der Waals surface area contributed by atoms with Gasteiger partial charge < -0.3 is 10.0 Å². The van der Waals surface area contributed by atoms with Crippen LogP contribution in [0.15, 0.2) is 0 Å². The molecule has 1 atom stereocenters. The number of hydrogen-bond donors (Lipinski definition) is 1. The summed E-state index contributed by atoms with van der Waals surface area (Å²) in [6.45, 7) is 5.34. The summed E-state index contributed by atoms with van der Waals surface area (Å²) in [6.07, 6.45) is 1.97. The normalized spacial score (nSPS) is 21.1. The topological polar surface area (TPSA) is 74.7 Å². The molecule has 0 aromatic carbocycles. The third kappa shape index (κ3) is 3.05. The van der Waals surface area contributed by atoms with E-state index in [0.29, 0.717) is 13.0 Å². The Kier molecular flexibility index (Phi) is 3.91. The van der Waals surface area contributed by atoms with Crippen molar-refractivity contribution in [2.75, 3.05) is 6.54 Å². The van der Waals surface area contributed by atoms with Crippen LogP contribution in [0.3, 0.4) is 0 Å². The van der Waals surface area contributed by atoms with Crippen LogP contribution in [0.4, 0.5) is 0 Å². The van der Waals surface area contributed by atoms with E-state index in [1.807, 2.05) is 0 Å². The first-order valence-corrected chi connectivity index (χ1v) is 5.83. The van der Waals surface area contributed by atoms with Crippen molar-refractivity contribution in [2.45, 2.75) is 46.1 Å². The maximum Gasteiger partial charge on any atom is 0.326 e. The molecule has 1 N–H and O–H groups in total. The molecule has 0 radical (unpaired) electrons. The van der Waals surface area contributed by atoms with Crippen molar-refractivity contribution in [1.29, 1.82) is 0 Å². The Balaban J connectivity index is 2.86. The average molecular weight is 241 g/mol. The number of carbonyl (C=O) groups excluding carboxylic acids is 2. The standard InChI is InChI=1S/C12H19NO4/c1-12(2,3)9(14)10(15)13-7-5-4-6-8(13)11(16)17/h8H,4-7H2,1-3H3,(H,16,17). The number of carbonyl (C=O) groups is 3. The van der Waals surface area contributed by atoms with Crippen molar-refractivity contribution in [3.05, 3.63) is 0 Å². The van der Waals surface area contributed by atoms with Gasteiger partial charge in [0, 0.05) is 12.0 Å². The lowest BCUT2D eigenvalue weighted by molar-refractivity contribution is -0.157. The van der Waals surface area contributed by atoms with Gasteiger partial charge in [-0.15, -0.1) is 0 Å². The smallest absolute Gasteiger partial charge is 0.326 e. The Morgan fingerprint density at radius 3 is 2.24 bits per heavy atom. The van der Waals surface area contributed by atoms with E-state index in [1.54, 1.807) is 20.8 Å². The molecule has 0 aromatic heterocycles. The molecule has 1 saturated heterocycles. The summed E-state index contributed by atoms with van der Waals surface area (Å²) in [6, 6.07) is -0.845. The SMILES string of the molecule is CC(C)(C)C(=O)C(=O)N1CCCCC1C(=O)O. The van der Waals surface area contributed by atoms with E-state index in [-0.39, 0.29) is 0 Å². The molecule has 1 unspecified atom stereocenters. The van der Waals surface area contributed by atoms with Crippen LogP contribution in [0.25, 0.3) is 0 Å². The van der Waals surface area contributed by atoms with Crippen LogP contribution < -0.4 is 0 Å². The minimum Gasteiger partial charge on any atom is -0.480 e. The number of rotatable bonds is 2. The van der Waals surface area contributed by atoms with Gasteiger partial charge in [-0.3, -0.25) is 9.59 Å². The summed E-state index contributed by atoms with van der Waals surface area (Å²) >= 11 is 0. The van der Waals surface area contributed by atoms with Gasteiger partial charge in [0.2, 0.25) is 5.78 Å². The lowest BCUT2D eigenvalue weighted by atomic mass is 9.89. The van der Waals surface area contributed by atoms with Gasteiger partial charge in [-0.25, -0.2) is 4.79 Å². The number of carboxylic acid groups (broad SMARTS) is 1. The van der Waals surface area contributed by atoms with Crippen LogP contribution in [0.1, 0.15) is 40.0 Å². The van der Waals surface area contributed by atoms with Crippen LogP contribution in [-0.2, 0) is 14.4 Å². The molecule has 1 heterocycles. The van der Waals surface area contributed by atoms with E-state index < -0.39 is 29.1 Å². The summed E-state index contributed by atoms with van der Waals surface area (Å²) < 4.78 is 0. The van der Waals surface area contributed by atoms with Crippen molar-refractivity contribution in [3.8, 4) is 0 Å². The molecule has 0 spiro atoms. The maximum atomic E-state index is 12.0. The van der Waals surface area contributed by atoms with Gasteiger partial charge in [-0.2, -0.15) is 0 Å². The van der Waals surface area contributed by atoms with Crippen molar-refractivity contribution in [2.24, 2.45) is 5.41 Å². The Morgan fingerprint density at radius 1 is 1.18 bits per heavy atom. The molecule has 0 bridgehead atoms. The van der Waals surface area contributed by atoms with Crippen molar-refractivity contribution in [3.63, 3.8) is 0 Å². The molecule has 17 heavy (non-hydrogen) atoms. The van der Waals surface area contributed by atoms with E-state index in [2.05, 4.69) is 0 Å². The van der Waals surface area contributed by atoms with Crippen LogP contribution in [0.2, 0.25) is 0 Å². The van der Waals surface area contributed by atoms with Gasteiger partial charge in [-0.1, -0.05) is 20.8 Å². The third-order valence-corrected chi connectivity index (χ3v) is 2.92. The number of amides is 1. The zero-order chi connectivity index (χ0) is 13.2. The van der Waals surface area contributed by atoms with E-state index in [0.717, 1.165) is 12.8 Å². The molecule has 1 aliphatic heterocycles. The molecule has 0 saturated carbocycles. The van der Waals surface area contributed by atoms with Crippen LogP contribution in [0.5, 0.6) is 0 Å². The molecule has 0 aromatic rings. The summed E-state index contributed by atoms with van der Waals surface area (Å²) in [5.41, 5.74) is -0.766. The molecular formula is C12H19NO4. The number of hydrogen-bond acceptors (Lipinski definition) is 3. The number of nitrogens with zero attached hydrogens (tertiary/aromatic N) is 1. The lowest BCUT2D eigenvalue weighted by Gasteiger charge is -2.33. The second-order valence-corrected chi connectivity index (χ2v) is 5.43. The quantitative estimate of drug-likeness (QED) is 0.734. The second kappa shape index (κ2) is 4.85. The monoisotopic (exact) mass is 241 g/mol. The van der Waals surface area contributed by atoms with E-state index in [9.17, 15) is 14.4 Å². The summed E-state index contributed by atoms with van der Waals surface area (Å²) in [4.78, 5) is 36.1. The molecule has 1 rings (SSSR count). The highest BCUT2D eigenvalue weighted by atomic mass is 16.4. The number of piperidine rings is 1. The highest BCUT2D eigenvalue weighted by Crippen LogP contribution is 2.22. The highest BCUT2D eigenvalue weighted by molar-refractivity contribution is 6.38. The number of aliphatic carboxylic acids is 1. The minimum absolute atomic E-state index is 0.359. The fourth-order valence-corrected chi connectivity index (χ4v) is 1.88. The summed E-state index contributed by atoms with van der Waals surface area (Å²) in [5.74, 6) is -2.21. The number of Topliss-reactive ketones (excluding diaryl/α,β-unsaturated/α-hetero) is 1. The first-order chi connectivity index (χ1) is 7.75. The number of likely N-dealkylation sites (tertiary alicyclic amines) is 1. The minimum atomic E-state index is -1.03. The van der Waals surface area contributed by atoms with Gasteiger partial charge in [0.1, 0.15) is 6.04 Å². The van der Waals surface area contributed by atoms with Crippen molar-refractivity contribution in [1.82, 2.24) is 4.90 Å². The summed E-state index contributed by atoms with van der Waals surface area (Å²) in [5, 5.41) is 9.04. The van der Waals surface area contributed by atoms with Gasteiger partial charge in [0.25, 0.3) is 5.91 Å². The first kappa shape index (κ1) is 13.7. The fourth-order valence-electron chi connectivity index (χ4n) is 1.88. The van der Waals surface area contributed by atoms with Crippen molar-refractivity contribution >= 4 is 17.7 Å². The molecule has 1 fully saturated rings. The lowest BCUT2D eigenvalue weighted by Crippen LogP contribution is -2.52. The van der Waals surface area contributed by atoms with E-state index in [1.165, 1.54) is 4.90 Å². The molecule has 5 heteroatoms. The van der Waals surface area contributed by atoms with Crippen LogP contribution >= 0.6 is 0 Å². The first-order valence-electron chi connectivity index (χ1n) is 5.83. The van der Waals surface area contributed by atoms with E-state index >= 15 is 0 Å². The molecular weight excluding hydrogens is 222 g/mol. The zero-order valence-corrected chi connectivity index (χ0v) is 10.5. The predicted octanol–water partition coefficient (Wildman–Crippen LogP) is 1.07. The Bertz CT molecular complexity index is 343. The molecule has 0 aliphatic carbocycles. The van der Waals surface area contributed by atoms with Crippen LogP contribution in [-0.4, -0.2) is 40.3 Å². The largest absolute Gasteiger partial charge is 0.480 e. The van der Waals surface area contributed by atoms with Gasteiger partial charge in [-0.05, 0) is 19.3 Å². The number of ketones is 1. The Morgan fingerprint density at radius 2 is 1.76 bits per heavy atom. The molecule has 5 nitrogen and oxygen atoms in total. The maximum absolute atomic E-state index is 12.0. The highest BCUT2D eigenvalue weighted by Gasteiger charge is 2.38. The van der Waals surface area contributed by atoms with Crippen LogP contribution in [0, 0.1) is 5.41 Å².